The number of carbonyl (C=O) groups is 5. The summed E-state index contributed by atoms with van der Waals surface area (Å²) in [6, 6.07) is 12.1. The van der Waals surface area contributed by atoms with E-state index in [0.717, 1.165) is 6.42 Å². The van der Waals surface area contributed by atoms with Crippen molar-refractivity contribution in [2.24, 2.45) is 0 Å². The second-order valence-electron chi connectivity index (χ2n) is 12.2. The van der Waals surface area contributed by atoms with E-state index in [1.54, 1.807) is 24.3 Å². The van der Waals surface area contributed by atoms with Crippen LogP contribution in [0.1, 0.15) is 54.4 Å². The van der Waals surface area contributed by atoms with Crippen LogP contribution in [0.5, 0.6) is 34.5 Å². The van der Waals surface area contributed by atoms with Crippen LogP contribution in [0, 0.1) is 0 Å². The Morgan fingerprint density at radius 1 is 0.453 bits per heavy atom. The Hall–Kier alpha value is -6.49. The minimum Gasteiger partial charge on any atom is -0.493 e. The molecule has 0 aliphatic carbocycles. The molecule has 0 atom stereocenters. The van der Waals surface area contributed by atoms with E-state index in [0.29, 0.717) is 41.0 Å². The summed E-state index contributed by atoms with van der Waals surface area (Å²) in [4.78, 5) is 63.1. The molecule has 0 heterocycles. The van der Waals surface area contributed by atoms with Gasteiger partial charge in [0.2, 0.25) is 0 Å². The van der Waals surface area contributed by atoms with Crippen LogP contribution in [-0.2, 0) is 24.0 Å². The van der Waals surface area contributed by atoms with Crippen molar-refractivity contribution in [3.05, 3.63) is 109 Å². The molecular weight excluding hydrogens is 680 g/mol. The van der Waals surface area contributed by atoms with Gasteiger partial charge in [-0.1, -0.05) is 58.4 Å². The fraction of sp³-hybridized carbons (Fsp3) is 0.214. The van der Waals surface area contributed by atoms with Gasteiger partial charge in [-0.2, -0.15) is 0 Å². The summed E-state index contributed by atoms with van der Waals surface area (Å²) in [5.41, 5.74) is 2.06. The number of carbonyl (C=O) groups excluding carboxylic acids is 5. The lowest BCUT2D eigenvalue weighted by molar-refractivity contribution is -0.132. The van der Waals surface area contributed by atoms with E-state index in [4.69, 9.17) is 28.4 Å². The van der Waals surface area contributed by atoms with Gasteiger partial charge in [0.15, 0.2) is 23.0 Å². The Morgan fingerprint density at radius 3 is 1.13 bits per heavy atom. The van der Waals surface area contributed by atoms with E-state index in [9.17, 15) is 24.0 Å². The third-order valence-corrected chi connectivity index (χ3v) is 7.10. The van der Waals surface area contributed by atoms with Gasteiger partial charge in [0, 0.05) is 39.0 Å². The average molecular weight is 723 g/mol. The Balaban J connectivity index is 2.36. The normalized spacial score (nSPS) is 10.3. The molecule has 11 heteroatoms. The zero-order valence-corrected chi connectivity index (χ0v) is 30.8. The van der Waals surface area contributed by atoms with Crippen molar-refractivity contribution < 1.29 is 52.4 Å². The monoisotopic (exact) mass is 722 g/mol. The fourth-order valence-electron chi connectivity index (χ4n) is 4.16. The van der Waals surface area contributed by atoms with Gasteiger partial charge in [-0.15, -0.1) is 0 Å². The predicted octanol–water partition coefficient (Wildman–Crippen LogP) is 8.61. The summed E-state index contributed by atoms with van der Waals surface area (Å²) in [6.45, 7) is 27.8. The topological polar surface area (TPSA) is 141 Å². The van der Waals surface area contributed by atoms with Crippen LogP contribution in [0.2, 0.25) is 0 Å². The van der Waals surface area contributed by atoms with Gasteiger partial charge in [-0.05, 0) is 88.6 Å². The predicted molar refractivity (Wildman–Crippen MR) is 200 cm³/mol. The molecular formula is C42H42O11. The molecule has 0 saturated heterocycles. The molecule has 0 aliphatic heterocycles. The Bertz CT molecular complexity index is 2050. The molecule has 0 aromatic heterocycles. The number of ether oxygens (including phenoxy) is 6. The zero-order valence-electron chi connectivity index (χ0n) is 30.8. The standard InChI is InChI=1S/C42H42O11/c1-12-13-18-48-34-21-31(29-15-17-33(50-39(44)24(4)5)37(20-29)53-42(47)27(10)11)35(51-40(45)25(6)7)22-30(34)28-14-16-32(49-38(43)23(2)3)36(19-28)52-41(46)26(8)9/h14-17,19-22H,2,4,6,8,10,12-13,18H2,1,3,5,7,9,11H3. The first-order chi connectivity index (χ1) is 24.9. The van der Waals surface area contributed by atoms with Gasteiger partial charge >= 0.3 is 29.8 Å². The van der Waals surface area contributed by atoms with E-state index in [1.807, 2.05) is 6.92 Å². The quantitative estimate of drug-likeness (QED) is 0.0607. The molecule has 3 rings (SSSR count). The van der Waals surface area contributed by atoms with Gasteiger partial charge in [0.05, 0.1) is 6.61 Å². The van der Waals surface area contributed by atoms with Crippen molar-refractivity contribution >= 4 is 29.8 Å². The summed E-state index contributed by atoms with van der Waals surface area (Å²) < 4.78 is 34.0. The van der Waals surface area contributed by atoms with Crippen LogP contribution < -0.4 is 28.4 Å². The average Bonchev–Trinajstić information content (AvgIpc) is 3.09. The van der Waals surface area contributed by atoms with Crippen molar-refractivity contribution in [1.82, 2.24) is 0 Å². The number of hydrogen-bond acceptors (Lipinski definition) is 11. The van der Waals surface area contributed by atoms with E-state index < -0.39 is 29.8 Å². The zero-order chi connectivity index (χ0) is 39.6. The van der Waals surface area contributed by atoms with Crippen molar-refractivity contribution in [1.29, 1.82) is 0 Å². The lowest BCUT2D eigenvalue weighted by atomic mass is 9.97. The molecule has 0 aliphatic rings. The molecule has 276 valence electrons. The van der Waals surface area contributed by atoms with Crippen molar-refractivity contribution in [3.8, 4) is 56.8 Å². The first kappa shape index (κ1) is 40.9. The largest absolute Gasteiger partial charge is 0.493 e. The number of unbranched alkanes of at least 4 members (excludes halogenated alkanes) is 1. The molecule has 3 aromatic carbocycles. The lowest BCUT2D eigenvalue weighted by Crippen LogP contribution is -2.13. The Labute approximate surface area is 308 Å². The number of benzene rings is 3. The van der Waals surface area contributed by atoms with Crippen LogP contribution in [0.4, 0.5) is 0 Å². The van der Waals surface area contributed by atoms with Crippen molar-refractivity contribution in [2.45, 2.75) is 54.4 Å². The Kier molecular flexibility index (Phi) is 14.0. The second kappa shape index (κ2) is 18.1. The smallest absolute Gasteiger partial charge is 0.338 e. The van der Waals surface area contributed by atoms with E-state index in [2.05, 4.69) is 32.9 Å². The molecule has 0 radical (unpaired) electrons. The third kappa shape index (κ3) is 11.0. The van der Waals surface area contributed by atoms with E-state index in [-0.39, 0.29) is 56.6 Å². The van der Waals surface area contributed by atoms with E-state index >= 15 is 0 Å². The van der Waals surface area contributed by atoms with Crippen molar-refractivity contribution in [2.75, 3.05) is 6.61 Å². The minimum absolute atomic E-state index is 0.0398. The fourth-order valence-corrected chi connectivity index (χ4v) is 4.16. The summed E-state index contributed by atoms with van der Waals surface area (Å²) in [6.07, 6.45) is 1.52. The minimum atomic E-state index is -0.775. The summed E-state index contributed by atoms with van der Waals surface area (Å²) in [7, 11) is 0. The SMILES string of the molecule is C=C(C)C(=O)Oc1ccc(-c2cc(OC(=O)C(=C)C)c(-c3ccc(OC(=O)C(=C)C)c(OC(=O)C(=C)C)c3)cc2OCCCC)cc1OC(=O)C(=C)C. The maximum atomic E-state index is 13.0. The molecule has 0 saturated carbocycles. The highest BCUT2D eigenvalue weighted by Crippen LogP contribution is 2.45. The van der Waals surface area contributed by atoms with Crippen LogP contribution >= 0.6 is 0 Å². The van der Waals surface area contributed by atoms with Crippen LogP contribution in [0.3, 0.4) is 0 Å². The summed E-state index contributed by atoms with van der Waals surface area (Å²) >= 11 is 0. The highest BCUT2D eigenvalue weighted by atomic mass is 16.6. The molecule has 0 amide bonds. The molecule has 11 nitrogen and oxygen atoms in total. The molecule has 0 N–H and O–H groups in total. The summed E-state index contributed by atoms with van der Waals surface area (Å²) in [5, 5.41) is 0. The van der Waals surface area contributed by atoms with Gasteiger partial charge in [0.1, 0.15) is 11.5 Å². The Morgan fingerprint density at radius 2 is 0.774 bits per heavy atom. The first-order valence-corrected chi connectivity index (χ1v) is 16.4. The van der Waals surface area contributed by atoms with E-state index in [1.165, 1.54) is 58.9 Å². The highest BCUT2D eigenvalue weighted by molar-refractivity contribution is 5.94. The van der Waals surface area contributed by atoms with Crippen LogP contribution in [0.15, 0.2) is 109 Å². The first-order valence-electron chi connectivity index (χ1n) is 16.4. The molecule has 0 fully saturated rings. The van der Waals surface area contributed by atoms with Crippen LogP contribution in [-0.4, -0.2) is 36.5 Å². The summed E-state index contributed by atoms with van der Waals surface area (Å²) in [5.74, 6) is -3.74. The maximum absolute atomic E-state index is 13.0. The molecule has 3 aromatic rings. The second-order valence-corrected chi connectivity index (χ2v) is 12.2. The number of esters is 5. The van der Waals surface area contributed by atoms with Gasteiger partial charge in [0.25, 0.3) is 0 Å². The number of hydrogen-bond donors (Lipinski definition) is 0. The number of rotatable bonds is 16. The van der Waals surface area contributed by atoms with Gasteiger partial charge in [-0.25, -0.2) is 24.0 Å². The molecule has 0 unspecified atom stereocenters. The highest BCUT2D eigenvalue weighted by Gasteiger charge is 2.23. The molecule has 0 bridgehead atoms. The maximum Gasteiger partial charge on any atom is 0.338 e. The van der Waals surface area contributed by atoms with Gasteiger partial charge < -0.3 is 28.4 Å². The third-order valence-electron chi connectivity index (χ3n) is 7.10. The van der Waals surface area contributed by atoms with Crippen molar-refractivity contribution in [3.63, 3.8) is 0 Å². The lowest BCUT2D eigenvalue weighted by Gasteiger charge is -2.19. The van der Waals surface area contributed by atoms with Crippen LogP contribution in [0.25, 0.3) is 22.3 Å². The van der Waals surface area contributed by atoms with Gasteiger partial charge in [-0.3, -0.25) is 0 Å². The molecule has 53 heavy (non-hydrogen) atoms. The molecule has 0 spiro atoms.